The maximum Gasteiger partial charge on any atom is 0.257 e. The molecule has 0 aliphatic carbocycles. The number of rotatable bonds is 8. The Balaban J connectivity index is 1.74. The van der Waals surface area contributed by atoms with E-state index in [-0.39, 0.29) is 5.91 Å². The largest absolute Gasteiger partial charge is 0.490 e. The third-order valence-corrected chi connectivity index (χ3v) is 4.38. The number of nitrogens with one attached hydrogen (secondary N) is 1. The van der Waals surface area contributed by atoms with Gasteiger partial charge in [0.25, 0.3) is 5.91 Å². The number of carbonyl (C=O) groups is 1. The first-order valence-corrected chi connectivity index (χ1v) is 9.67. The van der Waals surface area contributed by atoms with Crippen LogP contribution in [0.25, 0.3) is 11.4 Å². The number of carbonyl (C=O) groups excluding carboxylic acids is 1. The van der Waals surface area contributed by atoms with E-state index in [1.54, 1.807) is 24.4 Å². The van der Waals surface area contributed by atoms with Gasteiger partial charge in [0.15, 0.2) is 16.6 Å². The summed E-state index contributed by atoms with van der Waals surface area (Å²) < 4.78 is 11.3. The van der Waals surface area contributed by atoms with E-state index < -0.39 is 0 Å². The summed E-state index contributed by atoms with van der Waals surface area (Å²) in [5.41, 5.74) is 1.98. The normalized spacial score (nSPS) is 10.4. The molecule has 0 saturated carbocycles. The topological polar surface area (TPSA) is 73.3 Å². The van der Waals surface area contributed by atoms with Crippen LogP contribution in [0.2, 0.25) is 0 Å². The van der Waals surface area contributed by atoms with E-state index >= 15 is 0 Å². The predicted molar refractivity (Wildman–Crippen MR) is 107 cm³/mol. The van der Waals surface area contributed by atoms with Crippen LogP contribution in [0, 0.1) is 0 Å². The molecule has 0 saturated heterocycles. The zero-order valence-electron chi connectivity index (χ0n) is 15.3. The Morgan fingerprint density at radius 2 is 2.00 bits per heavy atom. The Morgan fingerprint density at radius 1 is 1.11 bits per heavy atom. The van der Waals surface area contributed by atoms with Crippen LogP contribution in [0.3, 0.4) is 0 Å². The van der Waals surface area contributed by atoms with E-state index in [0.29, 0.717) is 35.4 Å². The first-order valence-electron chi connectivity index (χ1n) is 8.79. The maximum atomic E-state index is 12.6. The van der Waals surface area contributed by atoms with Gasteiger partial charge < -0.3 is 9.47 Å². The van der Waals surface area contributed by atoms with E-state index in [0.717, 1.165) is 17.8 Å². The summed E-state index contributed by atoms with van der Waals surface area (Å²) in [6.07, 6.45) is 2.61. The van der Waals surface area contributed by atoms with E-state index in [2.05, 4.69) is 15.3 Å². The van der Waals surface area contributed by atoms with Crippen LogP contribution in [0.1, 0.15) is 30.6 Å². The molecule has 0 unspecified atom stereocenters. The number of benzene rings is 1. The summed E-state index contributed by atoms with van der Waals surface area (Å²) in [5.74, 6) is 0.953. The van der Waals surface area contributed by atoms with Gasteiger partial charge in [-0.2, -0.15) is 0 Å². The van der Waals surface area contributed by atoms with E-state index in [1.165, 1.54) is 11.3 Å². The minimum atomic E-state index is -0.250. The van der Waals surface area contributed by atoms with Gasteiger partial charge in [0.1, 0.15) is 5.69 Å². The highest BCUT2D eigenvalue weighted by molar-refractivity contribution is 7.14. The second-order valence-electron chi connectivity index (χ2n) is 5.65. The molecule has 1 N–H and O–H groups in total. The molecule has 0 radical (unpaired) electrons. The lowest BCUT2D eigenvalue weighted by molar-refractivity contribution is 0.102. The number of thiazole rings is 1. The van der Waals surface area contributed by atoms with Crippen LogP contribution < -0.4 is 14.8 Å². The molecule has 3 rings (SSSR count). The molecule has 0 spiro atoms. The quantitative estimate of drug-likeness (QED) is 0.613. The third kappa shape index (κ3) is 4.83. The maximum absolute atomic E-state index is 12.6. The molecule has 1 amide bonds. The average molecular weight is 383 g/mol. The van der Waals surface area contributed by atoms with Gasteiger partial charge in [-0.3, -0.25) is 15.1 Å². The fourth-order valence-electron chi connectivity index (χ4n) is 2.38. The summed E-state index contributed by atoms with van der Waals surface area (Å²) in [7, 11) is 0. The molecule has 0 aliphatic rings. The zero-order chi connectivity index (χ0) is 19.1. The molecular formula is C20H21N3O3S. The second kappa shape index (κ2) is 9.14. The highest BCUT2D eigenvalue weighted by atomic mass is 32.1. The minimum Gasteiger partial charge on any atom is -0.490 e. The summed E-state index contributed by atoms with van der Waals surface area (Å²) in [6.45, 7) is 5.02. The first kappa shape index (κ1) is 18.8. The smallest absolute Gasteiger partial charge is 0.257 e. The Hall–Kier alpha value is -2.93. The van der Waals surface area contributed by atoms with Crippen molar-refractivity contribution in [3.05, 3.63) is 53.5 Å². The van der Waals surface area contributed by atoms with Crippen molar-refractivity contribution in [1.29, 1.82) is 0 Å². The van der Waals surface area contributed by atoms with Crippen LogP contribution in [-0.2, 0) is 0 Å². The number of hydrogen-bond acceptors (Lipinski definition) is 6. The molecule has 27 heavy (non-hydrogen) atoms. The molecule has 140 valence electrons. The Bertz CT molecular complexity index is 896. The van der Waals surface area contributed by atoms with Crippen molar-refractivity contribution in [2.45, 2.75) is 20.3 Å². The van der Waals surface area contributed by atoms with Gasteiger partial charge in [0, 0.05) is 17.1 Å². The molecule has 7 heteroatoms. The summed E-state index contributed by atoms with van der Waals surface area (Å²) in [6, 6.07) is 10.8. The number of hydrogen-bond donors (Lipinski definition) is 1. The summed E-state index contributed by atoms with van der Waals surface area (Å²) in [5, 5.41) is 5.21. The Kier molecular flexibility index (Phi) is 6.38. The van der Waals surface area contributed by atoms with Gasteiger partial charge in [-0.25, -0.2) is 4.98 Å². The number of ether oxygens (including phenoxy) is 2. The van der Waals surface area contributed by atoms with Gasteiger partial charge in [-0.05, 0) is 43.7 Å². The number of nitrogens with zero attached hydrogens (tertiary/aromatic N) is 2. The lowest BCUT2D eigenvalue weighted by atomic mass is 10.2. The number of pyridine rings is 1. The predicted octanol–water partition coefficient (Wildman–Crippen LogP) is 4.64. The SMILES string of the molecule is CCCOc1ccc(C(=O)Nc2nc(-c3ccccn3)cs2)cc1OCC. The number of aromatic nitrogens is 2. The molecule has 1 aromatic carbocycles. The van der Waals surface area contributed by atoms with Crippen molar-refractivity contribution in [3.8, 4) is 22.9 Å². The van der Waals surface area contributed by atoms with Crippen molar-refractivity contribution in [2.24, 2.45) is 0 Å². The Morgan fingerprint density at radius 3 is 2.74 bits per heavy atom. The van der Waals surface area contributed by atoms with E-state index in [1.807, 2.05) is 37.4 Å². The van der Waals surface area contributed by atoms with E-state index in [9.17, 15) is 4.79 Å². The van der Waals surface area contributed by atoms with Gasteiger partial charge in [0.05, 0.1) is 18.9 Å². The highest BCUT2D eigenvalue weighted by Gasteiger charge is 2.14. The molecule has 0 aliphatic heterocycles. The Labute approximate surface area is 162 Å². The molecule has 2 heterocycles. The van der Waals surface area contributed by atoms with Gasteiger partial charge in [-0.15, -0.1) is 11.3 Å². The molecule has 0 atom stereocenters. The molecule has 3 aromatic rings. The van der Waals surface area contributed by atoms with Crippen molar-refractivity contribution in [1.82, 2.24) is 9.97 Å². The molecule has 0 fully saturated rings. The molecular weight excluding hydrogens is 362 g/mol. The van der Waals surface area contributed by atoms with Crippen LogP contribution >= 0.6 is 11.3 Å². The summed E-state index contributed by atoms with van der Waals surface area (Å²) in [4.78, 5) is 21.3. The van der Waals surface area contributed by atoms with Crippen LogP contribution in [0.15, 0.2) is 48.0 Å². The minimum absolute atomic E-state index is 0.250. The zero-order valence-corrected chi connectivity index (χ0v) is 16.1. The number of anilines is 1. The fraction of sp³-hybridized carbons (Fsp3) is 0.250. The molecule has 2 aromatic heterocycles. The van der Waals surface area contributed by atoms with Crippen molar-refractivity contribution >= 4 is 22.4 Å². The molecule has 0 bridgehead atoms. The van der Waals surface area contributed by atoms with Crippen molar-refractivity contribution in [2.75, 3.05) is 18.5 Å². The lowest BCUT2D eigenvalue weighted by Crippen LogP contribution is -2.12. The number of amides is 1. The second-order valence-corrected chi connectivity index (χ2v) is 6.51. The molecule has 6 nitrogen and oxygen atoms in total. The monoisotopic (exact) mass is 383 g/mol. The standard InChI is InChI=1S/C20H21N3O3S/c1-3-11-26-17-9-8-14(12-18(17)25-4-2)19(24)23-20-22-16(13-27-20)15-7-5-6-10-21-15/h5-10,12-13H,3-4,11H2,1-2H3,(H,22,23,24). The van der Waals surface area contributed by atoms with Gasteiger partial charge >= 0.3 is 0 Å². The van der Waals surface area contributed by atoms with Crippen molar-refractivity contribution in [3.63, 3.8) is 0 Å². The van der Waals surface area contributed by atoms with Gasteiger partial charge in [-0.1, -0.05) is 13.0 Å². The fourth-order valence-corrected chi connectivity index (χ4v) is 3.08. The highest BCUT2D eigenvalue weighted by Crippen LogP contribution is 2.29. The van der Waals surface area contributed by atoms with E-state index in [4.69, 9.17) is 9.47 Å². The van der Waals surface area contributed by atoms with Crippen LogP contribution in [0.5, 0.6) is 11.5 Å². The first-order chi connectivity index (χ1) is 13.2. The summed E-state index contributed by atoms with van der Waals surface area (Å²) >= 11 is 1.36. The van der Waals surface area contributed by atoms with Crippen LogP contribution in [-0.4, -0.2) is 29.1 Å². The third-order valence-electron chi connectivity index (χ3n) is 3.62. The van der Waals surface area contributed by atoms with Crippen molar-refractivity contribution < 1.29 is 14.3 Å². The lowest BCUT2D eigenvalue weighted by Gasteiger charge is -2.12. The average Bonchev–Trinajstić information content (AvgIpc) is 3.16. The van der Waals surface area contributed by atoms with Gasteiger partial charge in [0.2, 0.25) is 0 Å². The van der Waals surface area contributed by atoms with Crippen LogP contribution in [0.4, 0.5) is 5.13 Å².